The minimum atomic E-state index is -3.62. The van der Waals surface area contributed by atoms with Crippen LogP contribution in [0.3, 0.4) is 0 Å². The van der Waals surface area contributed by atoms with Crippen molar-refractivity contribution in [3.05, 3.63) is 29.1 Å². The minimum Gasteiger partial charge on any atom is -0.313 e. The number of nitrogens with one attached hydrogen (secondary N) is 1. The molecule has 0 unspecified atom stereocenters. The first-order chi connectivity index (χ1) is 8.80. The topological polar surface area (TPSA) is 49.4 Å². The van der Waals surface area contributed by atoms with Crippen molar-refractivity contribution in [3.8, 4) is 0 Å². The molecule has 0 fully saturated rings. The van der Waals surface area contributed by atoms with Crippen molar-refractivity contribution in [2.75, 3.05) is 20.6 Å². The van der Waals surface area contributed by atoms with Gasteiger partial charge in [-0.25, -0.2) is 17.1 Å². The molecule has 0 aliphatic heterocycles. The summed E-state index contributed by atoms with van der Waals surface area (Å²) in [7, 11) is -0.739. The number of benzene rings is 1. The molecule has 19 heavy (non-hydrogen) atoms. The number of hydrogen-bond acceptors (Lipinski definition) is 3. The van der Waals surface area contributed by atoms with Crippen LogP contribution < -0.4 is 5.32 Å². The van der Waals surface area contributed by atoms with Crippen LogP contribution in [0.25, 0.3) is 0 Å². The van der Waals surface area contributed by atoms with E-state index in [-0.39, 0.29) is 10.5 Å². The van der Waals surface area contributed by atoms with Gasteiger partial charge in [0, 0.05) is 26.2 Å². The van der Waals surface area contributed by atoms with Crippen molar-refractivity contribution in [1.29, 1.82) is 0 Å². The van der Waals surface area contributed by atoms with Crippen molar-refractivity contribution >= 4 is 10.0 Å². The van der Waals surface area contributed by atoms with Crippen LogP contribution in [-0.2, 0) is 16.6 Å². The molecule has 0 heterocycles. The first-order valence-corrected chi connectivity index (χ1v) is 7.67. The molecule has 0 atom stereocenters. The Labute approximate surface area is 114 Å². The van der Waals surface area contributed by atoms with Crippen LogP contribution in [0.2, 0.25) is 0 Å². The standard InChI is InChI=1S/C13H21FN2O2S/c1-5-6-15-9-11-7-12(14)10(2)13(8-11)19(17,18)16(3)4/h7-8,15H,5-6,9H2,1-4H3. The smallest absolute Gasteiger partial charge is 0.242 e. The Hall–Kier alpha value is -0.980. The Balaban J connectivity index is 3.18. The maximum Gasteiger partial charge on any atom is 0.242 e. The van der Waals surface area contributed by atoms with Gasteiger partial charge >= 0.3 is 0 Å². The lowest BCUT2D eigenvalue weighted by molar-refractivity contribution is 0.517. The van der Waals surface area contributed by atoms with E-state index >= 15 is 0 Å². The molecule has 0 saturated heterocycles. The SMILES string of the molecule is CCCNCc1cc(F)c(C)c(S(=O)(=O)N(C)C)c1. The highest BCUT2D eigenvalue weighted by Gasteiger charge is 2.22. The van der Waals surface area contributed by atoms with Gasteiger partial charge in [-0.3, -0.25) is 0 Å². The van der Waals surface area contributed by atoms with Crippen molar-refractivity contribution < 1.29 is 12.8 Å². The first-order valence-electron chi connectivity index (χ1n) is 6.23. The number of hydrogen-bond donors (Lipinski definition) is 1. The van der Waals surface area contributed by atoms with Gasteiger partial charge in [0.15, 0.2) is 0 Å². The van der Waals surface area contributed by atoms with E-state index in [9.17, 15) is 12.8 Å². The van der Waals surface area contributed by atoms with Crippen LogP contribution in [0, 0.1) is 12.7 Å². The van der Waals surface area contributed by atoms with Gasteiger partial charge in [-0.2, -0.15) is 0 Å². The molecular weight excluding hydrogens is 267 g/mol. The Morgan fingerprint density at radius 2 is 1.95 bits per heavy atom. The van der Waals surface area contributed by atoms with E-state index < -0.39 is 15.8 Å². The van der Waals surface area contributed by atoms with Crippen molar-refractivity contribution in [3.63, 3.8) is 0 Å². The zero-order chi connectivity index (χ0) is 14.6. The molecular formula is C13H21FN2O2S. The normalized spacial score (nSPS) is 12.1. The second kappa shape index (κ2) is 6.45. The van der Waals surface area contributed by atoms with E-state index in [1.54, 1.807) is 0 Å². The Bertz CT molecular complexity index is 542. The predicted molar refractivity (Wildman–Crippen MR) is 74.0 cm³/mol. The summed E-state index contributed by atoms with van der Waals surface area (Å²) in [6, 6.07) is 2.92. The quantitative estimate of drug-likeness (QED) is 0.813. The average Bonchev–Trinajstić information content (AvgIpc) is 2.33. The fourth-order valence-corrected chi connectivity index (χ4v) is 2.86. The van der Waals surface area contributed by atoms with Crippen molar-refractivity contribution in [2.24, 2.45) is 0 Å². The van der Waals surface area contributed by atoms with Gasteiger partial charge in [-0.05, 0) is 37.6 Å². The predicted octanol–water partition coefficient (Wildman–Crippen LogP) is 1.88. The zero-order valence-corrected chi connectivity index (χ0v) is 12.6. The second-order valence-corrected chi connectivity index (χ2v) is 6.79. The fourth-order valence-electron chi connectivity index (χ4n) is 1.68. The molecule has 1 aromatic rings. The Morgan fingerprint density at radius 3 is 2.47 bits per heavy atom. The van der Waals surface area contributed by atoms with Crippen LogP contribution in [0.1, 0.15) is 24.5 Å². The highest BCUT2D eigenvalue weighted by molar-refractivity contribution is 7.89. The van der Waals surface area contributed by atoms with Crippen LogP contribution in [0.15, 0.2) is 17.0 Å². The van der Waals surface area contributed by atoms with Crippen LogP contribution >= 0.6 is 0 Å². The molecule has 0 bridgehead atoms. The molecule has 0 saturated carbocycles. The average molecular weight is 288 g/mol. The van der Waals surface area contributed by atoms with Gasteiger partial charge in [0.05, 0.1) is 4.90 Å². The third-order valence-electron chi connectivity index (χ3n) is 2.87. The molecule has 108 valence electrons. The summed E-state index contributed by atoms with van der Waals surface area (Å²) < 4.78 is 39.2. The molecule has 1 N–H and O–H groups in total. The molecule has 0 spiro atoms. The summed E-state index contributed by atoms with van der Waals surface area (Å²) in [6.07, 6.45) is 0.969. The lowest BCUT2D eigenvalue weighted by Crippen LogP contribution is -2.24. The van der Waals surface area contributed by atoms with Crippen molar-refractivity contribution in [2.45, 2.75) is 31.7 Å². The summed E-state index contributed by atoms with van der Waals surface area (Å²) in [5.41, 5.74) is 0.796. The largest absolute Gasteiger partial charge is 0.313 e. The number of nitrogens with zero attached hydrogens (tertiary/aromatic N) is 1. The van der Waals surface area contributed by atoms with E-state index in [1.807, 2.05) is 6.92 Å². The highest BCUT2D eigenvalue weighted by Crippen LogP contribution is 2.22. The maximum atomic E-state index is 13.8. The van der Waals surface area contributed by atoms with E-state index in [0.29, 0.717) is 12.1 Å². The molecule has 0 radical (unpaired) electrons. The molecule has 6 heteroatoms. The van der Waals surface area contributed by atoms with Crippen molar-refractivity contribution in [1.82, 2.24) is 9.62 Å². The van der Waals surface area contributed by atoms with Crippen LogP contribution in [0.5, 0.6) is 0 Å². The summed E-state index contributed by atoms with van der Waals surface area (Å²) in [4.78, 5) is 0.0331. The van der Waals surface area contributed by atoms with E-state index in [4.69, 9.17) is 0 Å². The Morgan fingerprint density at radius 1 is 1.32 bits per heavy atom. The molecule has 0 amide bonds. The third-order valence-corrected chi connectivity index (χ3v) is 4.81. The molecule has 1 rings (SSSR count). The maximum absolute atomic E-state index is 13.8. The summed E-state index contributed by atoms with van der Waals surface area (Å²) in [5.74, 6) is -0.490. The first kappa shape index (κ1) is 16.1. The number of halogens is 1. The summed E-state index contributed by atoms with van der Waals surface area (Å²) >= 11 is 0. The van der Waals surface area contributed by atoms with E-state index in [0.717, 1.165) is 17.3 Å². The monoisotopic (exact) mass is 288 g/mol. The third kappa shape index (κ3) is 3.75. The minimum absolute atomic E-state index is 0.0331. The van der Waals surface area contributed by atoms with Gasteiger partial charge < -0.3 is 5.32 Å². The van der Waals surface area contributed by atoms with Crippen LogP contribution in [-0.4, -0.2) is 33.4 Å². The lowest BCUT2D eigenvalue weighted by atomic mass is 10.1. The molecule has 0 aromatic heterocycles. The summed E-state index contributed by atoms with van der Waals surface area (Å²) in [5, 5.41) is 3.13. The van der Waals surface area contributed by atoms with E-state index in [1.165, 1.54) is 33.2 Å². The molecule has 1 aromatic carbocycles. The van der Waals surface area contributed by atoms with Gasteiger partial charge in [0.25, 0.3) is 0 Å². The van der Waals surface area contributed by atoms with Gasteiger partial charge in [0.1, 0.15) is 5.82 Å². The van der Waals surface area contributed by atoms with Gasteiger partial charge in [0.2, 0.25) is 10.0 Å². The Kier molecular flexibility index (Phi) is 5.46. The van der Waals surface area contributed by atoms with Gasteiger partial charge in [-0.1, -0.05) is 6.92 Å². The number of rotatable bonds is 6. The molecule has 0 aliphatic rings. The lowest BCUT2D eigenvalue weighted by Gasteiger charge is -2.15. The number of sulfonamides is 1. The highest BCUT2D eigenvalue weighted by atomic mass is 32.2. The van der Waals surface area contributed by atoms with Gasteiger partial charge in [-0.15, -0.1) is 0 Å². The zero-order valence-electron chi connectivity index (χ0n) is 11.8. The summed E-state index contributed by atoms with van der Waals surface area (Å²) in [6.45, 7) is 4.78. The fraction of sp³-hybridized carbons (Fsp3) is 0.538. The molecule has 4 nitrogen and oxygen atoms in total. The second-order valence-electron chi connectivity index (χ2n) is 4.66. The van der Waals surface area contributed by atoms with E-state index in [2.05, 4.69) is 5.32 Å². The molecule has 0 aliphatic carbocycles. The van der Waals surface area contributed by atoms with Crippen LogP contribution in [0.4, 0.5) is 4.39 Å².